The Bertz CT molecular complexity index is 261. The number of hydrogen-bond acceptors (Lipinski definition) is 2. The van der Waals surface area contributed by atoms with Gasteiger partial charge in [-0.15, -0.1) is 11.6 Å². The van der Waals surface area contributed by atoms with Crippen LogP contribution in [0, 0.1) is 0 Å². The monoisotopic (exact) mass is 215 g/mol. The molecule has 78 valence electrons. The van der Waals surface area contributed by atoms with Gasteiger partial charge >= 0.3 is 0 Å². The van der Waals surface area contributed by atoms with Crippen molar-refractivity contribution >= 4 is 17.5 Å². The molecule has 0 fully saturated rings. The first-order valence-corrected chi connectivity index (χ1v) is 5.16. The molecule has 1 aromatic heterocycles. The summed E-state index contributed by atoms with van der Waals surface area (Å²) in [6.45, 7) is 0.514. The van der Waals surface area contributed by atoms with E-state index in [9.17, 15) is 4.79 Å². The van der Waals surface area contributed by atoms with Gasteiger partial charge in [0.05, 0.1) is 18.6 Å². The molecule has 0 spiro atoms. The lowest BCUT2D eigenvalue weighted by Gasteiger charge is -2.02. The molecule has 0 unspecified atom stereocenters. The predicted molar refractivity (Wildman–Crippen MR) is 55.0 cm³/mol. The number of carbonyl (C=O) groups is 1. The van der Waals surface area contributed by atoms with Crippen LogP contribution in [0.2, 0.25) is 0 Å². The number of H-pyrrole nitrogens is 1. The molecule has 2 N–H and O–H groups in total. The normalized spacial score (nSPS) is 10.1. The van der Waals surface area contributed by atoms with Gasteiger partial charge < -0.3 is 10.3 Å². The fraction of sp³-hybridized carbons (Fsp3) is 0.556. The van der Waals surface area contributed by atoms with Gasteiger partial charge in [-0.3, -0.25) is 4.79 Å². The van der Waals surface area contributed by atoms with Gasteiger partial charge in [0.15, 0.2) is 0 Å². The van der Waals surface area contributed by atoms with E-state index in [1.165, 1.54) is 0 Å². The maximum absolute atomic E-state index is 11.2. The molecule has 0 aromatic carbocycles. The fourth-order valence-corrected chi connectivity index (χ4v) is 1.23. The Balaban J connectivity index is 2.09. The van der Waals surface area contributed by atoms with Crippen LogP contribution in [0.3, 0.4) is 0 Å². The predicted octanol–water partition coefficient (Wildman–Crippen LogP) is 1.43. The van der Waals surface area contributed by atoms with Crippen LogP contribution in [0.15, 0.2) is 12.5 Å². The van der Waals surface area contributed by atoms with E-state index in [0.29, 0.717) is 18.8 Å². The number of aromatic amines is 1. The number of rotatable bonds is 6. The molecule has 0 radical (unpaired) electrons. The van der Waals surface area contributed by atoms with Crippen molar-refractivity contribution in [3.63, 3.8) is 0 Å². The number of carbonyl (C=O) groups excluding carboxylic acids is 1. The van der Waals surface area contributed by atoms with Crippen LogP contribution in [-0.2, 0) is 11.3 Å². The minimum absolute atomic E-state index is 0.0599. The van der Waals surface area contributed by atoms with Crippen molar-refractivity contribution in [3.8, 4) is 0 Å². The Labute approximate surface area is 88.1 Å². The van der Waals surface area contributed by atoms with Crippen LogP contribution in [0.4, 0.5) is 0 Å². The summed E-state index contributed by atoms with van der Waals surface area (Å²) in [5.41, 5.74) is 0.913. The van der Waals surface area contributed by atoms with Gasteiger partial charge in [0.1, 0.15) is 0 Å². The molecule has 0 saturated carbocycles. The van der Waals surface area contributed by atoms with Crippen molar-refractivity contribution in [3.05, 3.63) is 18.2 Å². The summed E-state index contributed by atoms with van der Waals surface area (Å²) in [4.78, 5) is 18.0. The zero-order valence-electron chi connectivity index (χ0n) is 7.92. The van der Waals surface area contributed by atoms with Crippen molar-refractivity contribution in [2.75, 3.05) is 5.88 Å². The standard InChI is InChI=1S/C9H14ClN3O/c10-4-2-1-3-9(14)12-6-8-5-11-7-13-8/h5,7H,1-4,6H2,(H,11,13)(H,12,14). The first-order chi connectivity index (χ1) is 6.83. The van der Waals surface area contributed by atoms with Crippen LogP contribution >= 0.6 is 11.6 Å². The molecule has 4 nitrogen and oxygen atoms in total. The summed E-state index contributed by atoms with van der Waals surface area (Å²) in [5.74, 6) is 0.679. The van der Waals surface area contributed by atoms with E-state index in [1.54, 1.807) is 12.5 Å². The molecule has 0 saturated heterocycles. The highest BCUT2D eigenvalue weighted by Gasteiger charge is 2.00. The average Bonchev–Trinajstić information content (AvgIpc) is 2.68. The Morgan fingerprint density at radius 3 is 3.07 bits per heavy atom. The quantitative estimate of drug-likeness (QED) is 0.557. The number of halogens is 1. The molecule has 0 aliphatic rings. The van der Waals surface area contributed by atoms with Gasteiger partial charge in [-0.1, -0.05) is 0 Å². The number of nitrogens with one attached hydrogen (secondary N) is 2. The first kappa shape index (κ1) is 11.0. The SMILES string of the molecule is O=C(CCCCCl)NCc1cnc[nH]1. The summed E-state index contributed by atoms with van der Waals surface area (Å²) >= 11 is 5.50. The third-order valence-electron chi connectivity index (χ3n) is 1.82. The van der Waals surface area contributed by atoms with E-state index >= 15 is 0 Å². The zero-order chi connectivity index (χ0) is 10.2. The van der Waals surface area contributed by atoms with Crippen molar-refractivity contribution in [2.24, 2.45) is 0 Å². The van der Waals surface area contributed by atoms with Crippen molar-refractivity contribution in [1.82, 2.24) is 15.3 Å². The molecule has 1 heterocycles. The van der Waals surface area contributed by atoms with Gasteiger partial charge in [-0.2, -0.15) is 0 Å². The Kier molecular flexibility index (Phi) is 5.07. The van der Waals surface area contributed by atoms with Crippen LogP contribution in [0.25, 0.3) is 0 Å². The fourth-order valence-electron chi connectivity index (χ4n) is 1.04. The second-order valence-electron chi connectivity index (χ2n) is 3.00. The molecule has 1 rings (SSSR count). The number of nitrogens with zero attached hydrogens (tertiary/aromatic N) is 1. The summed E-state index contributed by atoms with van der Waals surface area (Å²) in [7, 11) is 0. The molecular formula is C9H14ClN3O. The Morgan fingerprint density at radius 1 is 1.57 bits per heavy atom. The van der Waals surface area contributed by atoms with Crippen molar-refractivity contribution < 1.29 is 4.79 Å². The summed E-state index contributed by atoms with van der Waals surface area (Å²) in [5, 5.41) is 2.79. The van der Waals surface area contributed by atoms with Crippen LogP contribution < -0.4 is 5.32 Å². The molecular weight excluding hydrogens is 202 g/mol. The van der Waals surface area contributed by atoms with Crippen LogP contribution in [0.5, 0.6) is 0 Å². The van der Waals surface area contributed by atoms with Crippen LogP contribution in [0.1, 0.15) is 25.0 Å². The lowest BCUT2D eigenvalue weighted by Crippen LogP contribution is -2.22. The maximum Gasteiger partial charge on any atom is 0.220 e. The van der Waals surface area contributed by atoms with E-state index in [1.807, 2.05) is 0 Å². The molecule has 1 aromatic rings. The summed E-state index contributed by atoms with van der Waals surface area (Å²) in [6, 6.07) is 0. The molecule has 1 amide bonds. The number of unbranched alkanes of at least 4 members (excludes halogenated alkanes) is 1. The lowest BCUT2D eigenvalue weighted by molar-refractivity contribution is -0.121. The molecule has 0 bridgehead atoms. The van der Waals surface area contributed by atoms with E-state index < -0.39 is 0 Å². The molecule has 5 heteroatoms. The second kappa shape index (κ2) is 6.43. The number of hydrogen-bond donors (Lipinski definition) is 2. The zero-order valence-corrected chi connectivity index (χ0v) is 8.68. The first-order valence-electron chi connectivity index (χ1n) is 4.63. The Hall–Kier alpha value is -1.03. The lowest BCUT2D eigenvalue weighted by atomic mass is 10.2. The number of imidazole rings is 1. The highest BCUT2D eigenvalue weighted by atomic mass is 35.5. The summed E-state index contributed by atoms with van der Waals surface area (Å²) < 4.78 is 0. The van der Waals surface area contributed by atoms with E-state index in [0.717, 1.165) is 18.5 Å². The largest absolute Gasteiger partial charge is 0.350 e. The van der Waals surface area contributed by atoms with Gasteiger partial charge in [0.25, 0.3) is 0 Å². The van der Waals surface area contributed by atoms with E-state index in [-0.39, 0.29) is 5.91 Å². The van der Waals surface area contributed by atoms with E-state index in [2.05, 4.69) is 15.3 Å². The Morgan fingerprint density at radius 2 is 2.43 bits per heavy atom. The van der Waals surface area contributed by atoms with Crippen molar-refractivity contribution in [2.45, 2.75) is 25.8 Å². The average molecular weight is 216 g/mol. The van der Waals surface area contributed by atoms with E-state index in [4.69, 9.17) is 11.6 Å². The third-order valence-corrected chi connectivity index (χ3v) is 2.09. The smallest absolute Gasteiger partial charge is 0.220 e. The van der Waals surface area contributed by atoms with Gasteiger partial charge in [-0.25, -0.2) is 4.98 Å². The second-order valence-corrected chi connectivity index (χ2v) is 3.38. The van der Waals surface area contributed by atoms with Gasteiger partial charge in [0.2, 0.25) is 5.91 Å². The topological polar surface area (TPSA) is 57.8 Å². The number of aromatic nitrogens is 2. The minimum atomic E-state index is 0.0599. The number of amides is 1. The maximum atomic E-state index is 11.2. The van der Waals surface area contributed by atoms with Crippen molar-refractivity contribution in [1.29, 1.82) is 0 Å². The highest BCUT2D eigenvalue weighted by Crippen LogP contribution is 1.97. The number of alkyl halides is 1. The molecule has 0 aliphatic carbocycles. The molecule has 0 aliphatic heterocycles. The minimum Gasteiger partial charge on any atom is -0.350 e. The van der Waals surface area contributed by atoms with Crippen LogP contribution in [-0.4, -0.2) is 21.8 Å². The highest BCUT2D eigenvalue weighted by molar-refractivity contribution is 6.17. The third kappa shape index (κ3) is 4.28. The summed E-state index contributed by atoms with van der Waals surface area (Å²) in [6.07, 6.45) is 5.56. The molecule has 14 heavy (non-hydrogen) atoms. The van der Waals surface area contributed by atoms with Gasteiger partial charge in [0, 0.05) is 18.5 Å². The molecule has 0 atom stereocenters. The van der Waals surface area contributed by atoms with Gasteiger partial charge in [-0.05, 0) is 12.8 Å².